The lowest BCUT2D eigenvalue weighted by Crippen LogP contribution is -2.46. The number of hydrogen-bond donors (Lipinski definition) is 1. The number of methoxy groups -OCH3 is 1. The summed E-state index contributed by atoms with van der Waals surface area (Å²) in [4.78, 5) is 24.1. The lowest BCUT2D eigenvalue weighted by Gasteiger charge is -2.30. The molecule has 0 radical (unpaired) electrons. The number of ether oxygens (including phenoxy) is 1. The second-order valence-corrected chi connectivity index (χ2v) is 8.92. The first kappa shape index (κ1) is 22.9. The number of carbonyl (C=O) groups is 1. The summed E-state index contributed by atoms with van der Waals surface area (Å²) in [5.74, 6) is -1.48. The topological polar surface area (TPSA) is 110 Å². The van der Waals surface area contributed by atoms with Crippen LogP contribution in [0.5, 0.6) is 5.88 Å². The zero-order chi connectivity index (χ0) is 24.7. The van der Waals surface area contributed by atoms with Crippen molar-refractivity contribution in [2.75, 3.05) is 20.2 Å². The predicted molar refractivity (Wildman–Crippen MR) is 123 cm³/mol. The van der Waals surface area contributed by atoms with E-state index in [0.29, 0.717) is 30.0 Å². The fourth-order valence-corrected chi connectivity index (χ4v) is 4.56. The van der Waals surface area contributed by atoms with Crippen molar-refractivity contribution in [3.05, 3.63) is 59.0 Å². The Labute approximate surface area is 201 Å². The highest BCUT2D eigenvalue weighted by Crippen LogP contribution is 2.45. The number of carbonyl (C=O) groups excluding carboxylic acids is 1. The highest BCUT2D eigenvalue weighted by atomic mass is 19.1. The van der Waals surface area contributed by atoms with Crippen molar-refractivity contribution in [2.45, 2.75) is 37.6 Å². The SMILES string of the molecule is COc1ncc(-n2c(-c3ccc(C#N)c(F)c3)nc(C(=O)N3CCC[C@@H](N)C3)c2C2CC2)cc1F. The Kier molecular flexibility index (Phi) is 5.94. The van der Waals surface area contributed by atoms with Gasteiger partial charge < -0.3 is 15.4 Å². The Morgan fingerprint density at radius 2 is 2.03 bits per heavy atom. The number of nitrogens with two attached hydrogens (primary N) is 1. The molecule has 3 heterocycles. The second kappa shape index (κ2) is 9.07. The van der Waals surface area contributed by atoms with Crippen LogP contribution in [0.15, 0.2) is 30.5 Å². The van der Waals surface area contributed by atoms with Crippen molar-refractivity contribution in [2.24, 2.45) is 5.73 Å². The first-order valence-corrected chi connectivity index (χ1v) is 11.5. The van der Waals surface area contributed by atoms with E-state index in [1.807, 2.05) is 0 Å². The number of rotatable bonds is 5. The number of aromatic nitrogens is 3. The molecule has 0 unspecified atom stereocenters. The van der Waals surface area contributed by atoms with E-state index in [1.165, 1.54) is 31.5 Å². The molecular weight excluding hydrogens is 454 g/mol. The van der Waals surface area contributed by atoms with Crippen LogP contribution >= 0.6 is 0 Å². The van der Waals surface area contributed by atoms with Crippen molar-refractivity contribution < 1.29 is 18.3 Å². The van der Waals surface area contributed by atoms with Crippen LogP contribution in [0.4, 0.5) is 8.78 Å². The standard InChI is InChI=1S/C25H24F2N6O2/c1-35-24-20(27)10-18(12-30-24)33-22(14-4-5-14)21(25(34)32-8-2-3-17(29)13-32)31-23(33)15-6-7-16(11-28)19(26)9-15/h6-7,9-10,12,14,17H,2-5,8,13,29H2,1H3/t17-/m1/s1. The zero-order valence-electron chi connectivity index (χ0n) is 19.2. The third-order valence-corrected chi connectivity index (χ3v) is 6.42. The van der Waals surface area contributed by atoms with Crippen molar-refractivity contribution in [3.8, 4) is 29.0 Å². The lowest BCUT2D eigenvalue weighted by atomic mass is 10.1. The summed E-state index contributed by atoms with van der Waals surface area (Å²) in [5.41, 5.74) is 7.58. The van der Waals surface area contributed by atoms with Gasteiger partial charge in [0, 0.05) is 36.7 Å². The number of hydrogen-bond acceptors (Lipinski definition) is 6. The van der Waals surface area contributed by atoms with E-state index in [0.717, 1.165) is 25.7 Å². The Hall–Kier alpha value is -3.84. The zero-order valence-corrected chi connectivity index (χ0v) is 19.2. The largest absolute Gasteiger partial charge is 0.479 e. The van der Waals surface area contributed by atoms with E-state index in [-0.39, 0.29) is 40.8 Å². The molecule has 0 bridgehead atoms. The van der Waals surface area contributed by atoms with Crippen LogP contribution in [-0.2, 0) is 0 Å². The molecule has 0 spiro atoms. The number of imidazole rings is 1. The summed E-state index contributed by atoms with van der Waals surface area (Å²) in [6.07, 6.45) is 4.77. The number of likely N-dealkylation sites (tertiary alicyclic amines) is 1. The van der Waals surface area contributed by atoms with Gasteiger partial charge in [0.2, 0.25) is 5.88 Å². The van der Waals surface area contributed by atoms with Crippen molar-refractivity contribution in [3.63, 3.8) is 0 Å². The maximum atomic E-state index is 14.7. The molecule has 1 amide bonds. The van der Waals surface area contributed by atoms with E-state index in [4.69, 9.17) is 15.7 Å². The first-order valence-electron chi connectivity index (χ1n) is 11.5. The molecule has 5 rings (SSSR count). The molecule has 2 aliphatic rings. The number of benzene rings is 1. The van der Waals surface area contributed by atoms with Crippen LogP contribution in [0.2, 0.25) is 0 Å². The number of amides is 1. The average Bonchev–Trinajstić information content (AvgIpc) is 3.62. The van der Waals surface area contributed by atoms with Gasteiger partial charge in [-0.15, -0.1) is 0 Å². The summed E-state index contributed by atoms with van der Waals surface area (Å²) in [6.45, 7) is 0.998. The van der Waals surface area contributed by atoms with Crippen molar-refractivity contribution >= 4 is 5.91 Å². The summed E-state index contributed by atoms with van der Waals surface area (Å²) >= 11 is 0. The van der Waals surface area contributed by atoms with Gasteiger partial charge in [-0.05, 0) is 43.9 Å². The van der Waals surface area contributed by atoms with Crippen LogP contribution in [0, 0.1) is 23.0 Å². The van der Waals surface area contributed by atoms with Crippen LogP contribution in [0.3, 0.4) is 0 Å². The number of pyridine rings is 1. The Balaban J connectivity index is 1.71. The molecule has 2 aromatic heterocycles. The third kappa shape index (κ3) is 4.23. The van der Waals surface area contributed by atoms with E-state index in [9.17, 15) is 13.6 Å². The Morgan fingerprint density at radius 1 is 1.23 bits per heavy atom. The minimum absolute atomic E-state index is 0.0436. The smallest absolute Gasteiger partial charge is 0.274 e. The Morgan fingerprint density at radius 3 is 2.66 bits per heavy atom. The molecule has 10 heteroatoms. The van der Waals surface area contributed by atoms with Gasteiger partial charge >= 0.3 is 0 Å². The Bertz CT molecular complexity index is 1340. The van der Waals surface area contributed by atoms with Gasteiger partial charge in [-0.2, -0.15) is 5.26 Å². The van der Waals surface area contributed by atoms with Gasteiger partial charge in [0.1, 0.15) is 17.7 Å². The maximum absolute atomic E-state index is 14.7. The van der Waals surface area contributed by atoms with Gasteiger partial charge in [0.25, 0.3) is 5.91 Å². The number of nitrogens with zero attached hydrogens (tertiary/aromatic N) is 5. The van der Waals surface area contributed by atoms with Crippen LogP contribution in [0.1, 0.15) is 53.3 Å². The number of piperidine rings is 1. The molecule has 1 aliphatic heterocycles. The van der Waals surface area contributed by atoms with Gasteiger partial charge in [0.15, 0.2) is 11.5 Å². The number of nitriles is 1. The molecule has 1 aromatic carbocycles. The van der Waals surface area contributed by atoms with E-state index in [2.05, 4.69) is 9.97 Å². The first-order chi connectivity index (χ1) is 16.9. The van der Waals surface area contributed by atoms with Gasteiger partial charge in [-0.1, -0.05) is 0 Å². The van der Waals surface area contributed by atoms with Crippen LogP contribution in [-0.4, -0.2) is 51.6 Å². The lowest BCUT2D eigenvalue weighted by molar-refractivity contribution is 0.0702. The van der Waals surface area contributed by atoms with Gasteiger partial charge in [0.05, 0.1) is 30.3 Å². The molecule has 2 fully saturated rings. The molecular formula is C25H24F2N6O2. The van der Waals surface area contributed by atoms with Gasteiger partial charge in [-0.25, -0.2) is 18.7 Å². The summed E-state index contributed by atoms with van der Waals surface area (Å²) in [6, 6.07) is 7.08. The molecule has 1 saturated heterocycles. The van der Waals surface area contributed by atoms with Crippen molar-refractivity contribution in [1.29, 1.82) is 5.26 Å². The van der Waals surface area contributed by atoms with Crippen LogP contribution < -0.4 is 10.5 Å². The van der Waals surface area contributed by atoms with Crippen LogP contribution in [0.25, 0.3) is 17.1 Å². The van der Waals surface area contributed by atoms with E-state index >= 15 is 0 Å². The minimum atomic E-state index is -0.707. The molecule has 1 atom stereocenters. The predicted octanol–water partition coefficient (Wildman–Crippen LogP) is 3.53. The normalized spacial score (nSPS) is 17.8. The molecule has 3 aromatic rings. The molecule has 35 heavy (non-hydrogen) atoms. The molecule has 1 saturated carbocycles. The second-order valence-electron chi connectivity index (χ2n) is 8.92. The highest BCUT2D eigenvalue weighted by molar-refractivity contribution is 5.95. The average molecular weight is 479 g/mol. The molecule has 180 valence electrons. The fourth-order valence-electron chi connectivity index (χ4n) is 4.56. The van der Waals surface area contributed by atoms with E-state index < -0.39 is 11.6 Å². The molecule has 8 nitrogen and oxygen atoms in total. The van der Waals surface area contributed by atoms with Gasteiger partial charge in [-0.3, -0.25) is 9.36 Å². The molecule has 2 N–H and O–H groups in total. The summed E-state index contributed by atoms with van der Waals surface area (Å²) in [5, 5.41) is 9.13. The summed E-state index contributed by atoms with van der Waals surface area (Å²) < 4.78 is 35.9. The maximum Gasteiger partial charge on any atom is 0.274 e. The monoisotopic (exact) mass is 478 g/mol. The quantitative estimate of drug-likeness (QED) is 0.601. The third-order valence-electron chi connectivity index (χ3n) is 6.42. The summed E-state index contributed by atoms with van der Waals surface area (Å²) in [7, 11) is 1.32. The number of halogens is 2. The fraction of sp³-hybridized carbons (Fsp3) is 0.360. The highest BCUT2D eigenvalue weighted by Gasteiger charge is 2.37. The van der Waals surface area contributed by atoms with Crippen molar-refractivity contribution in [1.82, 2.24) is 19.4 Å². The van der Waals surface area contributed by atoms with E-state index in [1.54, 1.807) is 21.6 Å². The minimum Gasteiger partial charge on any atom is -0.479 e. The molecule has 1 aliphatic carbocycles.